The molecule has 6 nitrogen and oxygen atoms in total. The summed E-state index contributed by atoms with van der Waals surface area (Å²) in [5.74, 6) is -0.664. The van der Waals surface area contributed by atoms with Crippen LogP contribution >= 0.6 is 15.9 Å². The molecule has 154 valence electrons. The second-order valence-corrected chi connectivity index (χ2v) is 9.22. The Balaban J connectivity index is 2.09. The molecule has 3 rings (SSSR count). The van der Waals surface area contributed by atoms with Gasteiger partial charge < -0.3 is 4.74 Å². The first kappa shape index (κ1) is 21.3. The van der Waals surface area contributed by atoms with Gasteiger partial charge in [0, 0.05) is 4.47 Å². The second kappa shape index (κ2) is 7.79. The predicted molar refractivity (Wildman–Crippen MR) is 104 cm³/mol. The summed E-state index contributed by atoms with van der Waals surface area (Å²) in [5, 5.41) is -0.0795. The molecule has 0 radical (unpaired) electrons. The van der Waals surface area contributed by atoms with Crippen molar-refractivity contribution in [1.29, 1.82) is 0 Å². The number of fused-ring (bicyclic) bond motifs is 1. The fourth-order valence-electron chi connectivity index (χ4n) is 2.76. The van der Waals surface area contributed by atoms with Gasteiger partial charge >= 0.3 is 6.36 Å². The molecule has 1 heterocycles. The lowest BCUT2D eigenvalue weighted by molar-refractivity contribution is -0.274. The number of hydrogen-bond donors (Lipinski definition) is 0. The zero-order valence-corrected chi connectivity index (χ0v) is 17.3. The van der Waals surface area contributed by atoms with Crippen molar-refractivity contribution < 1.29 is 26.3 Å². The minimum Gasteiger partial charge on any atom is -0.406 e. The first-order valence-electron chi connectivity index (χ1n) is 8.26. The second-order valence-electron chi connectivity index (χ2n) is 6.06. The van der Waals surface area contributed by atoms with Crippen molar-refractivity contribution in [3.8, 4) is 5.75 Å². The number of rotatable bonds is 5. The van der Waals surface area contributed by atoms with Gasteiger partial charge in [-0.3, -0.25) is 9.36 Å². The van der Waals surface area contributed by atoms with E-state index in [4.69, 9.17) is 0 Å². The quantitative estimate of drug-likeness (QED) is 0.541. The molecule has 11 heteroatoms. The van der Waals surface area contributed by atoms with Gasteiger partial charge in [-0.2, -0.15) is 0 Å². The minimum atomic E-state index is -4.89. The molecule has 0 fully saturated rings. The average Bonchev–Trinajstić information content (AvgIpc) is 2.63. The lowest BCUT2D eigenvalue weighted by Gasteiger charge is -2.13. The van der Waals surface area contributed by atoms with Crippen molar-refractivity contribution >= 4 is 36.7 Å². The zero-order chi connectivity index (χ0) is 21.4. The van der Waals surface area contributed by atoms with Crippen LogP contribution in [0.4, 0.5) is 13.2 Å². The fourth-order valence-corrected chi connectivity index (χ4v) is 4.28. The van der Waals surface area contributed by atoms with Gasteiger partial charge in [0.2, 0.25) is 0 Å². The molecule has 0 aliphatic carbocycles. The van der Waals surface area contributed by atoms with Crippen LogP contribution in [0.2, 0.25) is 0 Å². The molecule has 3 aromatic rings. The van der Waals surface area contributed by atoms with Crippen LogP contribution in [0.25, 0.3) is 10.9 Å². The van der Waals surface area contributed by atoms with E-state index in [0.717, 1.165) is 16.7 Å². The summed E-state index contributed by atoms with van der Waals surface area (Å²) in [6.07, 6.45) is -3.67. The summed E-state index contributed by atoms with van der Waals surface area (Å²) in [6.45, 7) is 1.38. The Kier molecular flexibility index (Phi) is 5.72. The minimum absolute atomic E-state index is 0.0735. The molecule has 2 aromatic carbocycles. The molecule has 0 N–H and O–H groups in total. The molecule has 0 saturated heterocycles. The van der Waals surface area contributed by atoms with Crippen LogP contribution in [-0.2, 0) is 16.4 Å². The molecule has 0 atom stereocenters. The summed E-state index contributed by atoms with van der Waals surface area (Å²) in [6, 6.07) is 7.85. The zero-order valence-electron chi connectivity index (χ0n) is 14.9. The summed E-state index contributed by atoms with van der Waals surface area (Å²) >= 11 is 3.27. The lowest BCUT2D eigenvalue weighted by Crippen LogP contribution is -2.23. The Bertz CT molecular complexity index is 1240. The van der Waals surface area contributed by atoms with Gasteiger partial charge in [-0.1, -0.05) is 22.9 Å². The van der Waals surface area contributed by atoms with E-state index >= 15 is 0 Å². The predicted octanol–water partition coefficient (Wildman–Crippen LogP) is 3.90. The number of hydrogen-bond acceptors (Lipinski definition) is 5. The molecule has 0 aliphatic heterocycles. The number of nitrogens with zero attached hydrogens (tertiary/aromatic N) is 2. The SMILES string of the molecule is CCS(=O)(=O)c1ccc(Br)cc1Cn1cnc2ccc(OC(F)(F)F)cc2c1=O. The molecular formula is C18H14BrF3N2O4S. The van der Waals surface area contributed by atoms with Crippen molar-refractivity contribution in [1.82, 2.24) is 9.55 Å². The van der Waals surface area contributed by atoms with Crippen LogP contribution in [0, 0.1) is 0 Å². The van der Waals surface area contributed by atoms with E-state index in [1.807, 2.05) is 0 Å². The van der Waals surface area contributed by atoms with Crippen molar-refractivity contribution in [2.24, 2.45) is 0 Å². The van der Waals surface area contributed by atoms with Crippen LogP contribution < -0.4 is 10.3 Å². The van der Waals surface area contributed by atoms with E-state index in [0.29, 0.717) is 10.0 Å². The van der Waals surface area contributed by atoms with Crippen LogP contribution in [-0.4, -0.2) is 30.1 Å². The van der Waals surface area contributed by atoms with E-state index in [2.05, 4.69) is 25.7 Å². The van der Waals surface area contributed by atoms with E-state index in [9.17, 15) is 26.4 Å². The van der Waals surface area contributed by atoms with Crippen LogP contribution in [0.5, 0.6) is 5.75 Å². The van der Waals surface area contributed by atoms with Gasteiger partial charge in [-0.25, -0.2) is 13.4 Å². The van der Waals surface area contributed by atoms with Crippen LogP contribution in [0.3, 0.4) is 0 Å². The first-order chi connectivity index (χ1) is 13.5. The van der Waals surface area contributed by atoms with Gasteiger partial charge in [0.1, 0.15) is 5.75 Å². The number of aromatic nitrogens is 2. The molecule has 1 aromatic heterocycles. The largest absolute Gasteiger partial charge is 0.573 e. The summed E-state index contributed by atoms with van der Waals surface area (Å²) < 4.78 is 67.7. The molecule has 0 saturated carbocycles. The van der Waals surface area contributed by atoms with Crippen molar-refractivity contribution in [3.63, 3.8) is 0 Å². The normalized spacial score (nSPS) is 12.3. The third-order valence-corrected chi connectivity index (χ3v) is 6.43. The van der Waals surface area contributed by atoms with Gasteiger partial charge in [0.05, 0.1) is 34.4 Å². The Morgan fingerprint density at radius 3 is 2.55 bits per heavy atom. The van der Waals surface area contributed by atoms with Crippen LogP contribution in [0.15, 0.2) is 56.9 Å². The highest BCUT2D eigenvalue weighted by Gasteiger charge is 2.31. The molecular weight excluding hydrogens is 477 g/mol. The smallest absolute Gasteiger partial charge is 0.406 e. The maximum absolute atomic E-state index is 12.8. The number of sulfone groups is 1. The fraction of sp³-hybridized carbons (Fsp3) is 0.222. The number of ether oxygens (including phenoxy) is 1. The third kappa shape index (κ3) is 4.78. The Labute approximate surface area is 172 Å². The molecule has 0 unspecified atom stereocenters. The lowest BCUT2D eigenvalue weighted by atomic mass is 10.2. The average molecular weight is 491 g/mol. The number of benzene rings is 2. The Hall–Kier alpha value is -2.40. The summed E-state index contributed by atoms with van der Waals surface area (Å²) in [5.41, 5.74) is -0.0777. The van der Waals surface area contributed by atoms with E-state index in [-0.39, 0.29) is 28.1 Å². The van der Waals surface area contributed by atoms with Gasteiger partial charge in [0.15, 0.2) is 9.84 Å². The summed E-state index contributed by atoms with van der Waals surface area (Å²) in [4.78, 5) is 16.9. The molecule has 0 spiro atoms. The standard InChI is InChI=1S/C18H14BrF3N2O4S/c1-2-29(26,27)16-6-3-12(19)7-11(16)9-24-10-23-15-5-4-13(28-18(20,21)22)8-14(15)17(24)25/h3-8,10H,2,9H2,1H3. The molecule has 0 amide bonds. The van der Waals surface area contributed by atoms with Crippen LogP contribution in [0.1, 0.15) is 12.5 Å². The maximum Gasteiger partial charge on any atom is 0.573 e. The maximum atomic E-state index is 12.8. The van der Waals surface area contributed by atoms with E-state index in [1.54, 1.807) is 12.1 Å². The summed E-state index contributed by atoms with van der Waals surface area (Å²) in [7, 11) is -3.55. The highest BCUT2D eigenvalue weighted by molar-refractivity contribution is 9.10. The molecule has 0 bridgehead atoms. The Morgan fingerprint density at radius 1 is 1.17 bits per heavy atom. The number of halogens is 4. The monoisotopic (exact) mass is 490 g/mol. The van der Waals surface area contributed by atoms with Gasteiger partial charge in [-0.05, 0) is 42.0 Å². The topological polar surface area (TPSA) is 78.3 Å². The Morgan fingerprint density at radius 2 is 1.90 bits per heavy atom. The van der Waals surface area contributed by atoms with E-state index < -0.39 is 27.5 Å². The third-order valence-electron chi connectivity index (χ3n) is 4.11. The van der Waals surface area contributed by atoms with Crippen molar-refractivity contribution in [2.45, 2.75) is 24.7 Å². The van der Waals surface area contributed by atoms with Gasteiger partial charge in [-0.15, -0.1) is 13.2 Å². The highest BCUT2D eigenvalue weighted by atomic mass is 79.9. The molecule has 0 aliphatic rings. The molecule has 29 heavy (non-hydrogen) atoms. The van der Waals surface area contributed by atoms with Crippen molar-refractivity contribution in [2.75, 3.05) is 5.75 Å². The van der Waals surface area contributed by atoms with E-state index in [1.165, 1.54) is 25.4 Å². The first-order valence-corrected chi connectivity index (χ1v) is 10.7. The highest BCUT2D eigenvalue weighted by Crippen LogP contribution is 2.25. The van der Waals surface area contributed by atoms with Gasteiger partial charge in [0.25, 0.3) is 5.56 Å². The van der Waals surface area contributed by atoms with Crippen molar-refractivity contribution in [3.05, 3.63) is 63.1 Å². The number of alkyl halides is 3.